The van der Waals surface area contributed by atoms with E-state index in [4.69, 9.17) is 14.0 Å². The molecule has 0 spiro atoms. The van der Waals surface area contributed by atoms with Gasteiger partial charge in [0.15, 0.2) is 0 Å². The highest BCUT2D eigenvalue weighted by atomic mass is 16.7. The topological polar surface area (TPSA) is 73.9 Å². The molecule has 0 atom stereocenters. The standard InChI is InChI=1S/C21H24BNO5/c1-20(2)21(3,4)28-22(27-20)15-11-12-17(16(13-15)19(25)26-5)23-18(24)14-9-7-6-8-10-14/h6-13H,1-5H3,(H,23,24). The molecule has 0 radical (unpaired) electrons. The molecule has 0 aromatic heterocycles. The number of amides is 1. The number of benzene rings is 2. The van der Waals surface area contributed by atoms with Crippen molar-refractivity contribution in [1.29, 1.82) is 0 Å². The van der Waals surface area contributed by atoms with Gasteiger partial charge in [0.2, 0.25) is 0 Å². The van der Waals surface area contributed by atoms with E-state index in [1.807, 2.05) is 33.8 Å². The molecular weight excluding hydrogens is 357 g/mol. The highest BCUT2D eigenvalue weighted by molar-refractivity contribution is 6.62. The summed E-state index contributed by atoms with van der Waals surface area (Å²) in [5.74, 6) is -0.865. The van der Waals surface area contributed by atoms with Crippen LogP contribution in [0.3, 0.4) is 0 Å². The van der Waals surface area contributed by atoms with Crippen molar-refractivity contribution in [2.45, 2.75) is 38.9 Å². The molecule has 6 nitrogen and oxygen atoms in total. The van der Waals surface area contributed by atoms with Crippen molar-refractivity contribution in [2.75, 3.05) is 12.4 Å². The summed E-state index contributed by atoms with van der Waals surface area (Å²) in [4.78, 5) is 24.8. The Morgan fingerprint density at radius 2 is 1.57 bits per heavy atom. The molecule has 1 saturated heterocycles. The molecule has 146 valence electrons. The third-order valence-corrected chi connectivity index (χ3v) is 5.26. The smallest absolute Gasteiger partial charge is 0.465 e. The van der Waals surface area contributed by atoms with Crippen molar-refractivity contribution in [3.63, 3.8) is 0 Å². The Morgan fingerprint density at radius 1 is 0.964 bits per heavy atom. The maximum atomic E-state index is 12.5. The minimum atomic E-state index is -0.618. The van der Waals surface area contributed by atoms with E-state index in [0.717, 1.165) is 0 Å². The number of methoxy groups -OCH3 is 1. The van der Waals surface area contributed by atoms with E-state index in [0.29, 0.717) is 16.7 Å². The summed E-state index contributed by atoms with van der Waals surface area (Å²) in [5, 5.41) is 2.77. The molecule has 28 heavy (non-hydrogen) atoms. The Morgan fingerprint density at radius 3 is 2.14 bits per heavy atom. The normalized spacial score (nSPS) is 17.2. The average Bonchev–Trinajstić information content (AvgIpc) is 2.89. The summed E-state index contributed by atoms with van der Waals surface area (Å²) in [6.07, 6.45) is 0. The van der Waals surface area contributed by atoms with Gasteiger partial charge in [-0.3, -0.25) is 4.79 Å². The zero-order chi connectivity index (χ0) is 20.5. The fourth-order valence-electron chi connectivity index (χ4n) is 2.86. The maximum absolute atomic E-state index is 12.5. The monoisotopic (exact) mass is 381 g/mol. The number of hydrogen-bond donors (Lipinski definition) is 1. The highest BCUT2D eigenvalue weighted by Gasteiger charge is 2.51. The lowest BCUT2D eigenvalue weighted by molar-refractivity contribution is 0.00578. The van der Waals surface area contributed by atoms with Gasteiger partial charge in [0.25, 0.3) is 5.91 Å². The Kier molecular flexibility index (Phi) is 5.32. The number of anilines is 1. The molecule has 0 aliphatic carbocycles. The molecular formula is C21H24BNO5. The first-order chi connectivity index (χ1) is 13.1. The van der Waals surface area contributed by atoms with Crippen molar-refractivity contribution in [1.82, 2.24) is 0 Å². The summed E-state index contributed by atoms with van der Waals surface area (Å²) in [6, 6.07) is 13.8. The van der Waals surface area contributed by atoms with E-state index in [9.17, 15) is 9.59 Å². The Balaban J connectivity index is 1.91. The summed E-state index contributed by atoms with van der Waals surface area (Å²) in [7, 11) is 0.680. The largest absolute Gasteiger partial charge is 0.494 e. The quantitative estimate of drug-likeness (QED) is 0.651. The molecule has 7 heteroatoms. The Bertz CT molecular complexity index is 879. The number of nitrogens with one attached hydrogen (secondary N) is 1. The zero-order valence-corrected chi connectivity index (χ0v) is 16.7. The predicted molar refractivity (Wildman–Crippen MR) is 108 cm³/mol. The number of carbonyl (C=O) groups excluding carboxylic acids is 2. The van der Waals surface area contributed by atoms with Gasteiger partial charge in [-0.25, -0.2) is 4.79 Å². The first-order valence-corrected chi connectivity index (χ1v) is 9.09. The number of ether oxygens (including phenoxy) is 1. The van der Waals surface area contributed by atoms with Gasteiger partial charge in [-0.1, -0.05) is 24.3 Å². The van der Waals surface area contributed by atoms with Crippen LogP contribution < -0.4 is 10.8 Å². The van der Waals surface area contributed by atoms with Gasteiger partial charge < -0.3 is 19.4 Å². The van der Waals surface area contributed by atoms with Gasteiger partial charge in [-0.2, -0.15) is 0 Å². The van der Waals surface area contributed by atoms with Crippen LogP contribution in [0.25, 0.3) is 0 Å². The van der Waals surface area contributed by atoms with Gasteiger partial charge >= 0.3 is 13.1 Å². The third-order valence-electron chi connectivity index (χ3n) is 5.26. The van der Waals surface area contributed by atoms with Crippen molar-refractivity contribution in [3.8, 4) is 0 Å². The fourth-order valence-corrected chi connectivity index (χ4v) is 2.86. The molecule has 0 bridgehead atoms. The van der Waals surface area contributed by atoms with Crippen LogP contribution >= 0.6 is 0 Å². The molecule has 0 unspecified atom stereocenters. The van der Waals surface area contributed by atoms with Gasteiger partial charge in [-0.15, -0.1) is 0 Å². The second kappa shape index (κ2) is 7.41. The molecule has 1 N–H and O–H groups in total. The van der Waals surface area contributed by atoms with Crippen LogP contribution in [0.1, 0.15) is 48.4 Å². The molecule has 1 heterocycles. The minimum Gasteiger partial charge on any atom is -0.465 e. The van der Waals surface area contributed by atoms with Crippen molar-refractivity contribution >= 4 is 30.1 Å². The highest BCUT2D eigenvalue weighted by Crippen LogP contribution is 2.36. The van der Waals surface area contributed by atoms with Gasteiger partial charge in [0.05, 0.1) is 29.6 Å². The second-order valence-electron chi connectivity index (χ2n) is 7.71. The molecule has 1 amide bonds. The molecule has 0 saturated carbocycles. The third kappa shape index (κ3) is 3.81. The molecule has 1 aliphatic rings. The number of esters is 1. The molecule has 3 rings (SSSR count). The van der Waals surface area contributed by atoms with Crippen molar-refractivity contribution < 1.29 is 23.6 Å². The molecule has 2 aromatic rings. The summed E-state index contributed by atoms with van der Waals surface area (Å²) in [5.41, 5.74) is 0.775. The van der Waals surface area contributed by atoms with E-state index in [1.54, 1.807) is 42.5 Å². The van der Waals surface area contributed by atoms with E-state index in [-0.39, 0.29) is 11.5 Å². The lowest BCUT2D eigenvalue weighted by Gasteiger charge is -2.32. The molecule has 2 aromatic carbocycles. The van der Waals surface area contributed by atoms with Crippen LogP contribution in [0.15, 0.2) is 48.5 Å². The fraction of sp³-hybridized carbons (Fsp3) is 0.333. The van der Waals surface area contributed by atoms with E-state index in [2.05, 4.69) is 5.32 Å². The predicted octanol–water partition coefficient (Wildman–Crippen LogP) is 3.02. The van der Waals surface area contributed by atoms with E-state index < -0.39 is 24.3 Å². The van der Waals surface area contributed by atoms with Crippen LogP contribution in [-0.2, 0) is 14.0 Å². The van der Waals surface area contributed by atoms with Crippen LogP contribution in [0.2, 0.25) is 0 Å². The Hall–Kier alpha value is -2.64. The van der Waals surface area contributed by atoms with Gasteiger partial charge in [-0.05, 0) is 57.4 Å². The average molecular weight is 381 g/mol. The lowest BCUT2D eigenvalue weighted by Crippen LogP contribution is -2.41. The summed E-state index contributed by atoms with van der Waals surface area (Å²) >= 11 is 0. The van der Waals surface area contributed by atoms with Crippen LogP contribution in [0, 0.1) is 0 Å². The number of hydrogen-bond acceptors (Lipinski definition) is 5. The van der Waals surface area contributed by atoms with Crippen LogP contribution in [0.5, 0.6) is 0 Å². The van der Waals surface area contributed by atoms with E-state index in [1.165, 1.54) is 7.11 Å². The van der Waals surface area contributed by atoms with Gasteiger partial charge in [0.1, 0.15) is 0 Å². The van der Waals surface area contributed by atoms with Crippen molar-refractivity contribution in [2.24, 2.45) is 0 Å². The maximum Gasteiger partial charge on any atom is 0.494 e. The van der Waals surface area contributed by atoms with Crippen LogP contribution in [0.4, 0.5) is 5.69 Å². The van der Waals surface area contributed by atoms with Crippen LogP contribution in [-0.4, -0.2) is 37.3 Å². The van der Waals surface area contributed by atoms with Crippen molar-refractivity contribution in [3.05, 3.63) is 59.7 Å². The summed E-state index contributed by atoms with van der Waals surface area (Å²) in [6.45, 7) is 7.84. The second-order valence-corrected chi connectivity index (χ2v) is 7.71. The summed E-state index contributed by atoms with van der Waals surface area (Å²) < 4.78 is 17.0. The first kappa shape index (κ1) is 20.1. The molecule has 1 aliphatic heterocycles. The van der Waals surface area contributed by atoms with Gasteiger partial charge in [0, 0.05) is 5.56 Å². The minimum absolute atomic E-state index is 0.235. The lowest BCUT2D eigenvalue weighted by atomic mass is 9.78. The SMILES string of the molecule is COC(=O)c1cc(B2OC(C)(C)C(C)(C)O2)ccc1NC(=O)c1ccccc1. The van der Waals surface area contributed by atoms with E-state index >= 15 is 0 Å². The number of rotatable bonds is 4. The Labute approximate surface area is 165 Å². The zero-order valence-electron chi connectivity index (χ0n) is 16.7. The molecule has 1 fully saturated rings. The number of carbonyl (C=O) groups is 2. The first-order valence-electron chi connectivity index (χ1n) is 9.09.